The summed E-state index contributed by atoms with van der Waals surface area (Å²) >= 11 is 7.07. The predicted molar refractivity (Wildman–Crippen MR) is 130 cm³/mol. The smallest absolute Gasteiger partial charge is 0.277 e. The van der Waals surface area contributed by atoms with Crippen LogP contribution in [0, 0.1) is 0 Å². The van der Waals surface area contributed by atoms with E-state index in [1.807, 2.05) is 36.1 Å². The molecule has 1 aromatic heterocycles. The summed E-state index contributed by atoms with van der Waals surface area (Å²) in [6.07, 6.45) is 0.544. The molecule has 10 heteroatoms. The fraction of sp³-hybridized carbons (Fsp3) is 0.304. The summed E-state index contributed by atoms with van der Waals surface area (Å²) in [5.41, 5.74) is 2.56. The van der Waals surface area contributed by atoms with Gasteiger partial charge in [0.25, 0.3) is 5.22 Å². The number of hydrogen-bond acceptors (Lipinski definition) is 7. The van der Waals surface area contributed by atoms with Gasteiger partial charge in [-0.05, 0) is 48.5 Å². The van der Waals surface area contributed by atoms with E-state index in [9.17, 15) is 9.59 Å². The van der Waals surface area contributed by atoms with Gasteiger partial charge < -0.3 is 19.5 Å². The van der Waals surface area contributed by atoms with E-state index in [0.717, 1.165) is 43.1 Å². The van der Waals surface area contributed by atoms with Crippen molar-refractivity contribution in [2.24, 2.45) is 0 Å². The highest BCUT2D eigenvalue weighted by atomic mass is 35.5. The van der Waals surface area contributed by atoms with E-state index in [-0.39, 0.29) is 17.6 Å². The van der Waals surface area contributed by atoms with Gasteiger partial charge in [-0.3, -0.25) is 9.59 Å². The highest BCUT2D eigenvalue weighted by Gasteiger charge is 2.20. The highest BCUT2D eigenvalue weighted by molar-refractivity contribution is 7.99. The van der Waals surface area contributed by atoms with Gasteiger partial charge in [-0.15, -0.1) is 10.2 Å². The Morgan fingerprint density at radius 1 is 1.03 bits per heavy atom. The number of carbonyl (C=O) groups is 2. The number of aromatic nitrogens is 2. The van der Waals surface area contributed by atoms with E-state index in [0.29, 0.717) is 22.6 Å². The summed E-state index contributed by atoms with van der Waals surface area (Å²) < 4.78 is 5.61. The van der Waals surface area contributed by atoms with Crippen LogP contribution in [0.3, 0.4) is 0 Å². The predicted octanol–water partition coefficient (Wildman–Crippen LogP) is 4.18. The van der Waals surface area contributed by atoms with Crippen molar-refractivity contribution in [3.05, 3.63) is 53.6 Å². The Morgan fingerprint density at radius 3 is 2.39 bits per heavy atom. The Morgan fingerprint density at radius 2 is 1.73 bits per heavy atom. The molecule has 0 atom stereocenters. The quantitative estimate of drug-likeness (QED) is 0.502. The SMILES string of the molecule is CCC(=O)N1CCN(c2ccc(NC(=O)CSc3nnc(-c4ccc(Cl)cc4)o3)cc2)CC1. The molecule has 1 aliphatic heterocycles. The maximum absolute atomic E-state index is 12.3. The number of thioether (sulfide) groups is 1. The monoisotopic (exact) mass is 485 g/mol. The van der Waals surface area contributed by atoms with Crippen LogP contribution in [0.1, 0.15) is 13.3 Å². The lowest BCUT2D eigenvalue weighted by Gasteiger charge is -2.36. The third-order valence-electron chi connectivity index (χ3n) is 5.28. The topological polar surface area (TPSA) is 91.6 Å². The standard InChI is InChI=1S/C23H24ClN5O3S/c1-2-21(31)29-13-11-28(12-14-29)19-9-7-18(8-10-19)25-20(30)15-33-23-27-26-22(32-23)16-3-5-17(24)6-4-16/h3-10H,2,11-15H2,1H3,(H,25,30). The molecule has 1 fully saturated rings. The number of benzene rings is 2. The minimum atomic E-state index is -0.161. The largest absolute Gasteiger partial charge is 0.411 e. The lowest BCUT2D eigenvalue weighted by molar-refractivity contribution is -0.131. The third-order valence-corrected chi connectivity index (χ3v) is 6.35. The number of rotatable bonds is 7. The maximum atomic E-state index is 12.3. The van der Waals surface area contributed by atoms with Crippen LogP contribution in [0.2, 0.25) is 5.02 Å². The first-order valence-corrected chi connectivity index (χ1v) is 12.0. The van der Waals surface area contributed by atoms with Gasteiger partial charge in [0.2, 0.25) is 17.7 Å². The Hall–Kier alpha value is -3.04. The van der Waals surface area contributed by atoms with Gasteiger partial charge in [-0.1, -0.05) is 30.3 Å². The number of amides is 2. The van der Waals surface area contributed by atoms with Crippen molar-refractivity contribution in [1.82, 2.24) is 15.1 Å². The molecular weight excluding hydrogens is 462 g/mol. The normalized spacial score (nSPS) is 13.8. The average molecular weight is 486 g/mol. The number of nitrogens with one attached hydrogen (secondary N) is 1. The molecule has 2 heterocycles. The average Bonchev–Trinajstić information content (AvgIpc) is 3.32. The number of piperazine rings is 1. The van der Waals surface area contributed by atoms with Gasteiger partial charge in [-0.25, -0.2) is 0 Å². The van der Waals surface area contributed by atoms with E-state index in [2.05, 4.69) is 20.4 Å². The summed E-state index contributed by atoms with van der Waals surface area (Å²) in [4.78, 5) is 28.3. The fourth-order valence-electron chi connectivity index (χ4n) is 3.49. The Balaban J connectivity index is 1.25. The molecule has 3 aromatic rings. The first-order valence-electron chi connectivity index (χ1n) is 10.7. The van der Waals surface area contributed by atoms with E-state index in [1.54, 1.807) is 24.3 Å². The molecule has 1 aliphatic rings. The molecule has 0 spiro atoms. The second kappa shape index (κ2) is 10.7. The van der Waals surface area contributed by atoms with E-state index < -0.39 is 0 Å². The van der Waals surface area contributed by atoms with Gasteiger partial charge in [0.1, 0.15) is 0 Å². The summed E-state index contributed by atoms with van der Waals surface area (Å²) in [6, 6.07) is 14.8. The van der Waals surface area contributed by atoms with E-state index in [4.69, 9.17) is 16.0 Å². The molecule has 4 rings (SSSR count). The zero-order chi connectivity index (χ0) is 23.2. The lowest BCUT2D eigenvalue weighted by atomic mass is 10.2. The number of carbonyl (C=O) groups excluding carboxylic acids is 2. The van der Waals surface area contributed by atoms with Crippen molar-refractivity contribution < 1.29 is 14.0 Å². The van der Waals surface area contributed by atoms with Crippen molar-refractivity contribution in [3.8, 4) is 11.5 Å². The molecule has 0 radical (unpaired) electrons. The van der Waals surface area contributed by atoms with Crippen molar-refractivity contribution in [3.63, 3.8) is 0 Å². The molecule has 2 aromatic carbocycles. The van der Waals surface area contributed by atoms with Crippen LogP contribution in [0.5, 0.6) is 0 Å². The van der Waals surface area contributed by atoms with Crippen LogP contribution in [0.25, 0.3) is 11.5 Å². The zero-order valence-corrected chi connectivity index (χ0v) is 19.7. The second-order valence-corrected chi connectivity index (χ2v) is 8.85. The molecule has 172 valence electrons. The van der Waals surface area contributed by atoms with Gasteiger partial charge in [0, 0.05) is 54.6 Å². The maximum Gasteiger partial charge on any atom is 0.277 e. The molecule has 0 unspecified atom stereocenters. The molecule has 33 heavy (non-hydrogen) atoms. The Bertz CT molecular complexity index is 1100. The van der Waals surface area contributed by atoms with Crippen molar-refractivity contribution in [1.29, 1.82) is 0 Å². The zero-order valence-electron chi connectivity index (χ0n) is 18.2. The van der Waals surface area contributed by atoms with Crippen LogP contribution in [0.4, 0.5) is 11.4 Å². The molecule has 8 nitrogen and oxygen atoms in total. The van der Waals surface area contributed by atoms with Gasteiger partial charge in [-0.2, -0.15) is 0 Å². The van der Waals surface area contributed by atoms with E-state index >= 15 is 0 Å². The molecule has 0 aliphatic carbocycles. The summed E-state index contributed by atoms with van der Waals surface area (Å²) in [7, 11) is 0. The number of hydrogen-bond donors (Lipinski definition) is 1. The highest BCUT2D eigenvalue weighted by Crippen LogP contribution is 2.25. The molecule has 1 N–H and O–H groups in total. The summed E-state index contributed by atoms with van der Waals surface area (Å²) in [5.74, 6) is 0.570. The van der Waals surface area contributed by atoms with Crippen LogP contribution in [-0.4, -0.2) is 58.8 Å². The van der Waals surface area contributed by atoms with Crippen LogP contribution in [-0.2, 0) is 9.59 Å². The number of nitrogens with zero attached hydrogens (tertiary/aromatic N) is 4. The number of halogens is 1. The minimum absolute atomic E-state index is 0.150. The number of anilines is 2. The molecular formula is C23H24ClN5O3S. The minimum Gasteiger partial charge on any atom is -0.411 e. The first-order chi connectivity index (χ1) is 16.0. The molecule has 0 saturated carbocycles. The van der Waals surface area contributed by atoms with E-state index in [1.165, 1.54) is 11.8 Å². The summed E-state index contributed by atoms with van der Waals surface area (Å²) in [5, 5.41) is 11.8. The van der Waals surface area contributed by atoms with Crippen LogP contribution in [0.15, 0.2) is 58.2 Å². The van der Waals surface area contributed by atoms with Gasteiger partial charge >= 0.3 is 0 Å². The molecule has 2 amide bonds. The van der Waals surface area contributed by atoms with Crippen LogP contribution >= 0.6 is 23.4 Å². The van der Waals surface area contributed by atoms with Gasteiger partial charge in [0.15, 0.2) is 0 Å². The lowest BCUT2D eigenvalue weighted by Crippen LogP contribution is -2.48. The van der Waals surface area contributed by atoms with Crippen molar-refractivity contribution in [2.45, 2.75) is 18.6 Å². The second-order valence-electron chi connectivity index (χ2n) is 7.49. The fourth-order valence-corrected chi connectivity index (χ4v) is 4.18. The first kappa shape index (κ1) is 23.1. The van der Waals surface area contributed by atoms with Crippen molar-refractivity contribution >= 4 is 46.6 Å². The van der Waals surface area contributed by atoms with Crippen LogP contribution < -0.4 is 10.2 Å². The summed E-state index contributed by atoms with van der Waals surface area (Å²) in [6.45, 7) is 4.96. The molecule has 0 bridgehead atoms. The Kier molecular flexibility index (Phi) is 7.51. The van der Waals surface area contributed by atoms with Gasteiger partial charge in [0.05, 0.1) is 5.75 Å². The van der Waals surface area contributed by atoms with Crippen molar-refractivity contribution in [2.75, 3.05) is 42.1 Å². The Labute approximate surface area is 201 Å². The molecule has 1 saturated heterocycles. The third kappa shape index (κ3) is 6.06.